The Morgan fingerprint density at radius 2 is 1.81 bits per heavy atom. The molecule has 0 spiro atoms. The number of carbonyl (C=O) groups is 2. The van der Waals surface area contributed by atoms with Crippen LogP contribution in [0, 0.1) is 0 Å². The van der Waals surface area contributed by atoms with E-state index in [4.69, 9.17) is 5.11 Å². The first-order chi connectivity index (χ1) is 9.75. The number of piperazine rings is 1. The average Bonchev–Trinajstić information content (AvgIpc) is 2.37. The van der Waals surface area contributed by atoms with E-state index < -0.39 is 22.0 Å². The Balaban J connectivity index is 2.48. The van der Waals surface area contributed by atoms with Crippen LogP contribution >= 0.6 is 0 Å². The van der Waals surface area contributed by atoms with Crippen LogP contribution in [0.2, 0.25) is 0 Å². The molecule has 0 aromatic carbocycles. The number of nitrogens with zero attached hydrogens (tertiary/aromatic N) is 2. The molecule has 0 radical (unpaired) electrons. The number of carboxylic acids is 1. The molecule has 1 fully saturated rings. The number of rotatable bonds is 7. The highest BCUT2D eigenvalue weighted by molar-refractivity contribution is 7.89. The molecule has 21 heavy (non-hydrogen) atoms. The summed E-state index contributed by atoms with van der Waals surface area (Å²) in [6.07, 6.45) is 0.490. The molecule has 1 aliphatic rings. The highest BCUT2D eigenvalue weighted by Crippen LogP contribution is 2.05. The van der Waals surface area contributed by atoms with Crippen LogP contribution in [0.15, 0.2) is 0 Å². The topological polar surface area (TPSA) is 107 Å². The predicted molar refractivity (Wildman–Crippen MR) is 77.3 cm³/mol. The lowest BCUT2D eigenvalue weighted by Crippen LogP contribution is -2.54. The van der Waals surface area contributed by atoms with Crippen molar-refractivity contribution in [2.45, 2.75) is 26.3 Å². The Hall–Kier alpha value is -1.19. The molecule has 0 aliphatic carbocycles. The van der Waals surface area contributed by atoms with Crippen molar-refractivity contribution in [1.29, 1.82) is 0 Å². The van der Waals surface area contributed by atoms with E-state index in [9.17, 15) is 18.0 Å². The number of hydrogen-bond acceptors (Lipinski definition) is 5. The maximum absolute atomic E-state index is 12.2. The van der Waals surface area contributed by atoms with Crippen LogP contribution in [0.25, 0.3) is 0 Å². The predicted octanol–water partition coefficient (Wildman–Crippen LogP) is -1.07. The van der Waals surface area contributed by atoms with Gasteiger partial charge >= 0.3 is 5.97 Å². The third-order valence-electron chi connectivity index (χ3n) is 3.24. The normalized spacial score (nSPS) is 18.5. The van der Waals surface area contributed by atoms with Crippen molar-refractivity contribution < 1.29 is 23.1 Å². The lowest BCUT2D eigenvalue weighted by Gasteiger charge is -2.35. The van der Waals surface area contributed by atoms with Gasteiger partial charge in [-0.05, 0) is 13.3 Å². The highest BCUT2D eigenvalue weighted by Gasteiger charge is 2.27. The van der Waals surface area contributed by atoms with E-state index >= 15 is 0 Å². The zero-order chi connectivity index (χ0) is 16.0. The summed E-state index contributed by atoms with van der Waals surface area (Å²) in [5, 5.41) is 8.71. The quantitative estimate of drug-likeness (QED) is 0.618. The Kier molecular flexibility index (Phi) is 6.56. The molecule has 0 aromatic heterocycles. The Labute approximate surface area is 125 Å². The van der Waals surface area contributed by atoms with Crippen molar-refractivity contribution in [3.63, 3.8) is 0 Å². The van der Waals surface area contributed by atoms with Gasteiger partial charge in [0.15, 0.2) is 0 Å². The van der Waals surface area contributed by atoms with E-state index in [1.54, 1.807) is 16.7 Å². The van der Waals surface area contributed by atoms with Crippen LogP contribution in [0.1, 0.15) is 20.3 Å². The molecule has 0 saturated carbocycles. The summed E-state index contributed by atoms with van der Waals surface area (Å²) in [6, 6.07) is -0.799. The molecule has 2 N–H and O–H groups in total. The molecule has 1 heterocycles. The number of nitrogens with one attached hydrogen (secondary N) is 1. The maximum atomic E-state index is 12.2. The van der Waals surface area contributed by atoms with E-state index in [0.717, 1.165) is 0 Å². The van der Waals surface area contributed by atoms with Gasteiger partial charge in [-0.2, -0.15) is 0 Å². The summed E-state index contributed by atoms with van der Waals surface area (Å²) < 4.78 is 25.7. The van der Waals surface area contributed by atoms with Gasteiger partial charge in [-0.1, -0.05) is 6.92 Å². The SMILES string of the molecule is CCCS(=O)(=O)NC(C)C(=O)N1CCN(CC(=O)O)CC1. The first kappa shape index (κ1) is 17.9. The molecule has 1 saturated heterocycles. The van der Waals surface area contributed by atoms with Gasteiger partial charge in [0.05, 0.1) is 18.3 Å². The number of carboxylic acid groups (broad SMARTS) is 1. The second kappa shape index (κ2) is 7.71. The van der Waals surface area contributed by atoms with Gasteiger partial charge in [0.1, 0.15) is 0 Å². The summed E-state index contributed by atoms with van der Waals surface area (Å²) in [5.74, 6) is -1.17. The van der Waals surface area contributed by atoms with Gasteiger partial charge in [-0.3, -0.25) is 14.5 Å². The Morgan fingerprint density at radius 1 is 1.24 bits per heavy atom. The van der Waals surface area contributed by atoms with Gasteiger partial charge < -0.3 is 10.0 Å². The van der Waals surface area contributed by atoms with Gasteiger partial charge in [0, 0.05) is 26.2 Å². The summed E-state index contributed by atoms with van der Waals surface area (Å²) in [6.45, 7) is 5.02. The molecule has 1 aliphatic heterocycles. The van der Waals surface area contributed by atoms with Crippen molar-refractivity contribution in [1.82, 2.24) is 14.5 Å². The van der Waals surface area contributed by atoms with E-state index in [-0.39, 0.29) is 18.2 Å². The monoisotopic (exact) mass is 321 g/mol. The molecule has 1 atom stereocenters. The van der Waals surface area contributed by atoms with E-state index in [1.165, 1.54) is 6.92 Å². The fraction of sp³-hybridized carbons (Fsp3) is 0.833. The first-order valence-corrected chi connectivity index (χ1v) is 8.63. The van der Waals surface area contributed by atoms with Crippen LogP contribution in [0.3, 0.4) is 0 Å². The van der Waals surface area contributed by atoms with Crippen molar-refractivity contribution >= 4 is 21.9 Å². The molecule has 1 rings (SSSR count). The Morgan fingerprint density at radius 3 is 2.29 bits per heavy atom. The minimum absolute atomic E-state index is 0.00297. The van der Waals surface area contributed by atoms with Crippen LogP contribution in [-0.2, 0) is 19.6 Å². The van der Waals surface area contributed by atoms with Gasteiger partial charge in [-0.15, -0.1) is 0 Å². The molecule has 122 valence electrons. The number of hydrogen-bond donors (Lipinski definition) is 2. The van der Waals surface area contributed by atoms with Crippen molar-refractivity contribution in [2.75, 3.05) is 38.5 Å². The maximum Gasteiger partial charge on any atom is 0.317 e. The number of sulfonamides is 1. The Bertz CT molecular complexity index is 471. The van der Waals surface area contributed by atoms with E-state index in [2.05, 4.69) is 4.72 Å². The van der Waals surface area contributed by atoms with Gasteiger partial charge in [0.2, 0.25) is 15.9 Å². The molecule has 0 aromatic rings. The minimum atomic E-state index is -3.43. The number of aliphatic carboxylic acids is 1. The summed E-state index contributed by atoms with van der Waals surface area (Å²) in [5.41, 5.74) is 0. The minimum Gasteiger partial charge on any atom is -0.480 e. The molecular formula is C12H23N3O5S. The molecular weight excluding hydrogens is 298 g/mol. The number of carbonyl (C=O) groups excluding carboxylic acids is 1. The summed E-state index contributed by atoms with van der Waals surface area (Å²) in [7, 11) is -3.43. The lowest BCUT2D eigenvalue weighted by molar-refractivity contribution is -0.139. The second-order valence-electron chi connectivity index (χ2n) is 5.15. The first-order valence-electron chi connectivity index (χ1n) is 6.98. The van der Waals surface area contributed by atoms with Crippen molar-refractivity contribution in [2.24, 2.45) is 0 Å². The molecule has 9 heteroatoms. The fourth-order valence-electron chi connectivity index (χ4n) is 2.24. The molecule has 8 nitrogen and oxygen atoms in total. The largest absolute Gasteiger partial charge is 0.480 e. The van der Waals surface area contributed by atoms with E-state index in [0.29, 0.717) is 32.6 Å². The smallest absolute Gasteiger partial charge is 0.317 e. The zero-order valence-electron chi connectivity index (χ0n) is 12.4. The summed E-state index contributed by atoms with van der Waals surface area (Å²) >= 11 is 0. The summed E-state index contributed by atoms with van der Waals surface area (Å²) in [4.78, 5) is 26.1. The molecule has 1 amide bonds. The third-order valence-corrected chi connectivity index (χ3v) is 4.90. The standard InChI is InChI=1S/C12H23N3O5S/c1-3-8-21(19,20)13-10(2)12(18)15-6-4-14(5-7-15)9-11(16)17/h10,13H,3-9H2,1-2H3,(H,16,17). The third kappa shape index (κ3) is 5.98. The van der Waals surface area contributed by atoms with E-state index in [1.807, 2.05) is 0 Å². The van der Waals surface area contributed by atoms with Crippen LogP contribution < -0.4 is 4.72 Å². The van der Waals surface area contributed by atoms with Crippen LogP contribution in [0.5, 0.6) is 0 Å². The number of amides is 1. The second-order valence-corrected chi connectivity index (χ2v) is 7.03. The molecule has 1 unspecified atom stereocenters. The van der Waals surface area contributed by atoms with Crippen molar-refractivity contribution in [3.8, 4) is 0 Å². The average molecular weight is 321 g/mol. The van der Waals surface area contributed by atoms with Gasteiger partial charge in [0.25, 0.3) is 0 Å². The zero-order valence-corrected chi connectivity index (χ0v) is 13.2. The lowest BCUT2D eigenvalue weighted by atomic mass is 10.2. The van der Waals surface area contributed by atoms with Crippen LogP contribution in [0.4, 0.5) is 0 Å². The van der Waals surface area contributed by atoms with Crippen molar-refractivity contribution in [3.05, 3.63) is 0 Å². The highest BCUT2D eigenvalue weighted by atomic mass is 32.2. The fourth-order valence-corrected chi connectivity index (χ4v) is 3.53. The van der Waals surface area contributed by atoms with Crippen LogP contribution in [-0.4, -0.2) is 79.7 Å². The van der Waals surface area contributed by atoms with Gasteiger partial charge in [-0.25, -0.2) is 13.1 Å². The molecule has 0 bridgehead atoms.